The molecule has 0 unspecified atom stereocenters. The number of fused-ring (bicyclic) bond motifs is 3. The second-order valence-corrected chi connectivity index (χ2v) is 8.15. The first-order valence-electron chi connectivity index (χ1n) is 9.72. The molecule has 5 aromatic rings. The highest BCUT2D eigenvalue weighted by atomic mass is 35.5. The predicted molar refractivity (Wildman–Crippen MR) is 127 cm³/mol. The number of nitrogens with two attached hydrogens (primary N) is 1. The van der Waals surface area contributed by atoms with Gasteiger partial charge < -0.3 is 10.3 Å². The third-order valence-corrected chi connectivity index (χ3v) is 6.10. The fraction of sp³-hybridized carbons (Fsp3) is 0.0400. The van der Waals surface area contributed by atoms with Crippen LogP contribution in [0.25, 0.3) is 32.9 Å². The van der Waals surface area contributed by atoms with Gasteiger partial charge in [0.1, 0.15) is 0 Å². The maximum absolute atomic E-state index is 12.2. The topological polar surface area (TPSA) is 60.9 Å². The molecule has 2 N–H and O–H groups in total. The molecule has 0 atom stereocenters. The first kappa shape index (κ1) is 19.6. The van der Waals surface area contributed by atoms with Crippen molar-refractivity contribution in [1.82, 2.24) is 9.55 Å². The normalized spacial score (nSPS) is 11.3. The van der Waals surface area contributed by atoms with E-state index >= 15 is 0 Å². The van der Waals surface area contributed by atoms with E-state index in [1.165, 1.54) is 0 Å². The highest BCUT2D eigenvalue weighted by Crippen LogP contribution is 2.39. The number of nitrogens with zero attached hydrogens (tertiary/aromatic N) is 2. The standard InChI is InChI=1S/C25H17Cl2N3O/c26-19-6-2-7-20(27)23(19)16-9-10-17-22(12-16)30(14-15-4-3-11-29-13-15)21-8-1-5-18(24(17)21)25(28)31/h1-13H,14H2,(H2,28,31). The largest absolute Gasteiger partial charge is 0.366 e. The quantitative estimate of drug-likeness (QED) is 0.352. The number of hydrogen-bond acceptors (Lipinski definition) is 2. The summed E-state index contributed by atoms with van der Waals surface area (Å²) in [5.41, 5.74) is 10.8. The summed E-state index contributed by atoms with van der Waals surface area (Å²) >= 11 is 12.9. The van der Waals surface area contributed by atoms with Gasteiger partial charge in [0.2, 0.25) is 5.91 Å². The number of amides is 1. The van der Waals surface area contributed by atoms with E-state index in [1.807, 2.05) is 60.8 Å². The Balaban J connectivity index is 1.84. The van der Waals surface area contributed by atoms with Gasteiger partial charge in [-0.1, -0.05) is 53.5 Å². The summed E-state index contributed by atoms with van der Waals surface area (Å²) in [6.45, 7) is 0.593. The van der Waals surface area contributed by atoms with E-state index < -0.39 is 5.91 Å². The number of benzene rings is 3. The molecule has 2 aromatic heterocycles. The molecule has 4 nitrogen and oxygen atoms in total. The molecule has 0 fully saturated rings. The molecule has 0 bridgehead atoms. The number of aromatic nitrogens is 2. The van der Waals surface area contributed by atoms with Crippen LogP contribution in [-0.4, -0.2) is 15.5 Å². The summed E-state index contributed by atoms with van der Waals surface area (Å²) in [5.74, 6) is -0.454. The van der Waals surface area contributed by atoms with Crippen LogP contribution in [-0.2, 0) is 6.54 Å². The van der Waals surface area contributed by atoms with E-state index in [-0.39, 0.29) is 0 Å². The number of pyridine rings is 1. The lowest BCUT2D eigenvalue weighted by molar-refractivity contribution is 0.100. The monoisotopic (exact) mass is 445 g/mol. The van der Waals surface area contributed by atoms with Crippen LogP contribution in [0.4, 0.5) is 0 Å². The number of halogens is 2. The van der Waals surface area contributed by atoms with Crippen LogP contribution in [0.15, 0.2) is 79.1 Å². The molecule has 2 heterocycles. The van der Waals surface area contributed by atoms with Gasteiger partial charge in [0.25, 0.3) is 0 Å². The molecule has 3 aromatic carbocycles. The minimum atomic E-state index is -0.454. The van der Waals surface area contributed by atoms with Crippen molar-refractivity contribution in [3.05, 3.63) is 100 Å². The SMILES string of the molecule is NC(=O)c1cccc2c1c1ccc(-c3c(Cl)cccc3Cl)cc1n2Cc1cccnc1. The van der Waals surface area contributed by atoms with Crippen molar-refractivity contribution in [2.24, 2.45) is 5.73 Å². The van der Waals surface area contributed by atoms with Crippen LogP contribution in [0, 0.1) is 0 Å². The van der Waals surface area contributed by atoms with Gasteiger partial charge in [0.05, 0.1) is 11.0 Å². The number of rotatable bonds is 4. The predicted octanol–water partition coefficient (Wildman–Crippen LogP) is 6.31. The fourth-order valence-corrected chi connectivity index (χ4v) is 4.74. The highest BCUT2D eigenvalue weighted by Gasteiger charge is 2.18. The first-order chi connectivity index (χ1) is 15.0. The van der Waals surface area contributed by atoms with Gasteiger partial charge in [-0.05, 0) is 47.5 Å². The molecule has 6 heteroatoms. The van der Waals surface area contributed by atoms with Crippen molar-refractivity contribution in [3.63, 3.8) is 0 Å². The lowest BCUT2D eigenvalue weighted by Gasteiger charge is -2.10. The third-order valence-electron chi connectivity index (χ3n) is 5.47. The fourth-order valence-electron chi connectivity index (χ4n) is 4.12. The summed E-state index contributed by atoms with van der Waals surface area (Å²) in [4.78, 5) is 16.4. The Kier molecular flexibility index (Phi) is 4.89. The lowest BCUT2D eigenvalue weighted by atomic mass is 10.0. The van der Waals surface area contributed by atoms with Crippen molar-refractivity contribution < 1.29 is 4.79 Å². The third kappa shape index (κ3) is 3.34. The van der Waals surface area contributed by atoms with E-state index in [9.17, 15) is 4.79 Å². The number of carbonyl (C=O) groups excluding carboxylic acids is 1. The minimum Gasteiger partial charge on any atom is -0.366 e. The van der Waals surface area contributed by atoms with Crippen LogP contribution < -0.4 is 5.73 Å². The number of carbonyl (C=O) groups is 1. The molecule has 0 saturated carbocycles. The van der Waals surface area contributed by atoms with Gasteiger partial charge in [-0.25, -0.2) is 0 Å². The zero-order valence-electron chi connectivity index (χ0n) is 16.3. The van der Waals surface area contributed by atoms with Crippen molar-refractivity contribution in [3.8, 4) is 11.1 Å². The van der Waals surface area contributed by atoms with Gasteiger partial charge in [0, 0.05) is 50.9 Å². The Labute approximate surface area is 188 Å². The van der Waals surface area contributed by atoms with Crippen LogP contribution >= 0.6 is 23.2 Å². The van der Waals surface area contributed by atoms with E-state index in [2.05, 4.69) is 15.6 Å². The molecule has 0 radical (unpaired) electrons. The molecule has 0 aliphatic rings. The summed E-state index contributed by atoms with van der Waals surface area (Å²) in [6.07, 6.45) is 3.59. The Morgan fingerprint density at radius 2 is 1.71 bits per heavy atom. The van der Waals surface area contributed by atoms with E-state index in [0.717, 1.165) is 38.5 Å². The molecule has 0 aliphatic heterocycles. The summed E-state index contributed by atoms with van der Waals surface area (Å²) in [7, 11) is 0. The van der Waals surface area contributed by atoms with Crippen LogP contribution in [0.5, 0.6) is 0 Å². The molecule has 0 spiro atoms. The minimum absolute atomic E-state index is 0.454. The van der Waals surface area contributed by atoms with Gasteiger partial charge in [0.15, 0.2) is 0 Å². The van der Waals surface area contributed by atoms with Crippen molar-refractivity contribution in [2.75, 3.05) is 0 Å². The van der Waals surface area contributed by atoms with Crippen molar-refractivity contribution >= 4 is 50.9 Å². The van der Waals surface area contributed by atoms with Crippen molar-refractivity contribution in [1.29, 1.82) is 0 Å². The second kappa shape index (κ2) is 7.73. The Morgan fingerprint density at radius 1 is 0.935 bits per heavy atom. The molecule has 31 heavy (non-hydrogen) atoms. The Morgan fingerprint density at radius 3 is 2.42 bits per heavy atom. The first-order valence-corrected chi connectivity index (χ1v) is 10.5. The summed E-state index contributed by atoms with van der Waals surface area (Å²) in [6, 6.07) is 21.1. The van der Waals surface area contributed by atoms with Crippen LogP contribution in [0.1, 0.15) is 15.9 Å². The van der Waals surface area contributed by atoms with Gasteiger partial charge >= 0.3 is 0 Å². The molecule has 0 aliphatic carbocycles. The van der Waals surface area contributed by atoms with Crippen molar-refractivity contribution in [2.45, 2.75) is 6.54 Å². The Hall–Kier alpha value is -3.34. The molecule has 1 amide bonds. The van der Waals surface area contributed by atoms with Gasteiger partial charge in [-0.15, -0.1) is 0 Å². The van der Waals surface area contributed by atoms with Crippen LogP contribution in [0.3, 0.4) is 0 Å². The van der Waals surface area contributed by atoms with E-state index in [0.29, 0.717) is 22.2 Å². The van der Waals surface area contributed by atoms with E-state index in [1.54, 1.807) is 12.3 Å². The average Bonchev–Trinajstić information content (AvgIpc) is 3.07. The molecule has 5 rings (SSSR count). The maximum Gasteiger partial charge on any atom is 0.249 e. The van der Waals surface area contributed by atoms with Crippen LogP contribution in [0.2, 0.25) is 10.0 Å². The Bertz CT molecular complexity index is 1440. The summed E-state index contributed by atoms with van der Waals surface area (Å²) in [5, 5.41) is 2.95. The molecular weight excluding hydrogens is 429 g/mol. The molecular formula is C25H17Cl2N3O. The lowest BCUT2D eigenvalue weighted by Crippen LogP contribution is -2.11. The average molecular weight is 446 g/mol. The molecule has 152 valence electrons. The molecule has 0 saturated heterocycles. The zero-order valence-corrected chi connectivity index (χ0v) is 17.9. The second-order valence-electron chi connectivity index (χ2n) is 7.34. The zero-order chi connectivity index (χ0) is 21.5. The van der Waals surface area contributed by atoms with Gasteiger partial charge in [-0.2, -0.15) is 0 Å². The smallest absolute Gasteiger partial charge is 0.249 e. The van der Waals surface area contributed by atoms with Gasteiger partial charge in [-0.3, -0.25) is 9.78 Å². The highest BCUT2D eigenvalue weighted by molar-refractivity contribution is 6.39. The van der Waals surface area contributed by atoms with E-state index in [4.69, 9.17) is 28.9 Å². The number of hydrogen-bond donors (Lipinski definition) is 1. The maximum atomic E-state index is 12.2. The summed E-state index contributed by atoms with van der Waals surface area (Å²) < 4.78 is 2.17. The number of primary amides is 1.